The number of aliphatic carboxylic acids is 1. The Hall–Kier alpha value is -5.13. The van der Waals surface area contributed by atoms with Gasteiger partial charge in [0.2, 0.25) is 0 Å². The maximum atomic E-state index is 15.0. The van der Waals surface area contributed by atoms with Gasteiger partial charge >= 0.3 is 5.97 Å². The van der Waals surface area contributed by atoms with Gasteiger partial charge in [-0.2, -0.15) is 10.5 Å². The summed E-state index contributed by atoms with van der Waals surface area (Å²) in [6, 6.07) is 12.1. The van der Waals surface area contributed by atoms with Crippen LogP contribution in [0.15, 0.2) is 95.0 Å². The molecule has 1 unspecified atom stereocenters. The van der Waals surface area contributed by atoms with E-state index in [0.29, 0.717) is 31.3 Å². The summed E-state index contributed by atoms with van der Waals surface area (Å²) >= 11 is 0. The molecule has 7 nitrogen and oxygen atoms in total. The van der Waals surface area contributed by atoms with E-state index in [1.165, 1.54) is 18.2 Å². The van der Waals surface area contributed by atoms with Gasteiger partial charge in [-0.05, 0) is 85.6 Å². The third-order valence-electron chi connectivity index (χ3n) is 9.09. The smallest absolute Gasteiger partial charge is 0.306 e. The van der Waals surface area contributed by atoms with Crippen LogP contribution in [0.25, 0.3) is 22.0 Å². The molecule has 6 rings (SSSR count). The first-order chi connectivity index (χ1) is 22.5. The first kappa shape index (κ1) is 31.8. The van der Waals surface area contributed by atoms with Gasteiger partial charge in [0.15, 0.2) is 0 Å². The van der Waals surface area contributed by atoms with Crippen molar-refractivity contribution in [1.29, 1.82) is 10.5 Å². The molecule has 0 amide bonds. The molecule has 0 spiro atoms. The number of benzene rings is 2. The van der Waals surface area contributed by atoms with Gasteiger partial charge in [0.25, 0.3) is 16.4 Å². The molecule has 1 fully saturated rings. The van der Waals surface area contributed by atoms with Crippen LogP contribution in [0.2, 0.25) is 0 Å². The molecule has 0 bridgehead atoms. The van der Waals surface area contributed by atoms with Gasteiger partial charge in [-0.3, -0.25) is 4.79 Å². The lowest BCUT2D eigenvalue weighted by molar-refractivity contribution is -0.143. The summed E-state index contributed by atoms with van der Waals surface area (Å²) in [5.41, 5.74) is 1.48. The van der Waals surface area contributed by atoms with Crippen LogP contribution in [0.4, 0.5) is 13.2 Å². The lowest BCUT2D eigenvalue weighted by Crippen LogP contribution is -2.38. The third kappa shape index (κ3) is 5.72. The van der Waals surface area contributed by atoms with Crippen LogP contribution < -0.4 is 10.6 Å². The number of fused-ring (bicyclic) bond motifs is 1. The van der Waals surface area contributed by atoms with Crippen molar-refractivity contribution in [2.75, 3.05) is 0 Å². The summed E-state index contributed by atoms with van der Waals surface area (Å²) in [4.78, 5) is 11.3. The molecule has 1 N–H and O–H groups in total. The summed E-state index contributed by atoms with van der Waals surface area (Å²) in [5, 5.41) is 30.3. The van der Waals surface area contributed by atoms with E-state index in [4.69, 9.17) is 0 Å². The van der Waals surface area contributed by atoms with Crippen LogP contribution in [-0.4, -0.2) is 23.5 Å². The van der Waals surface area contributed by atoms with Crippen molar-refractivity contribution in [3.8, 4) is 12.1 Å². The van der Waals surface area contributed by atoms with Crippen molar-refractivity contribution in [1.82, 2.24) is 3.97 Å². The van der Waals surface area contributed by atoms with E-state index in [9.17, 15) is 42.0 Å². The molecule has 3 aliphatic rings. The molecule has 47 heavy (non-hydrogen) atoms. The normalized spacial score (nSPS) is 23.7. The Bertz CT molecular complexity index is 2240. The van der Waals surface area contributed by atoms with Crippen molar-refractivity contribution < 1.29 is 31.5 Å². The molecule has 2 aromatic carbocycles. The second-order valence-corrected chi connectivity index (χ2v) is 13.6. The number of allylic oxidation sites excluding steroid dienone is 8. The average Bonchev–Trinajstić information content (AvgIpc) is 3.42. The van der Waals surface area contributed by atoms with Crippen LogP contribution in [0.1, 0.15) is 44.1 Å². The molecule has 0 radical (unpaired) electrons. The summed E-state index contributed by atoms with van der Waals surface area (Å²) in [7, 11) is -4.53. The first-order valence-corrected chi connectivity index (χ1v) is 16.5. The van der Waals surface area contributed by atoms with Crippen molar-refractivity contribution in [3.05, 3.63) is 112 Å². The molecular weight excluding hydrogens is 627 g/mol. The molecule has 11 heteroatoms. The minimum atomic E-state index is -4.53. The van der Waals surface area contributed by atoms with E-state index < -0.39 is 40.1 Å². The highest BCUT2D eigenvalue weighted by atomic mass is 32.2. The Labute approximate surface area is 268 Å². The summed E-state index contributed by atoms with van der Waals surface area (Å²) in [5.74, 6) is -2.87. The highest BCUT2D eigenvalue weighted by Gasteiger charge is 2.31. The van der Waals surface area contributed by atoms with Gasteiger partial charge < -0.3 is 5.11 Å². The molecule has 1 saturated carbocycles. The molecule has 1 aromatic heterocycles. The summed E-state index contributed by atoms with van der Waals surface area (Å²) < 4.78 is 71.9. The monoisotopic (exact) mass is 655 g/mol. The second-order valence-electron chi connectivity index (χ2n) is 11.8. The fraction of sp³-hybridized carbons (Fsp3) is 0.250. The lowest BCUT2D eigenvalue weighted by Gasteiger charge is -2.28. The quantitative estimate of drug-likeness (QED) is 0.350. The van der Waals surface area contributed by atoms with E-state index in [1.807, 2.05) is 18.2 Å². The minimum Gasteiger partial charge on any atom is -0.481 e. The van der Waals surface area contributed by atoms with Crippen LogP contribution in [0.5, 0.6) is 0 Å². The van der Waals surface area contributed by atoms with Gasteiger partial charge in [0, 0.05) is 21.7 Å². The number of halogens is 3. The zero-order valence-electron chi connectivity index (χ0n) is 24.9. The maximum Gasteiger partial charge on any atom is 0.306 e. The van der Waals surface area contributed by atoms with Gasteiger partial charge in [0.1, 0.15) is 5.82 Å². The van der Waals surface area contributed by atoms with E-state index >= 15 is 0 Å². The predicted octanol–water partition coefficient (Wildman–Crippen LogP) is 6.19. The number of nitriles is 2. The zero-order chi connectivity index (χ0) is 33.5. The molecule has 3 aromatic rings. The molecule has 1 atom stereocenters. The van der Waals surface area contributed by atoms with E-state index in [0.717, 1.165) is 39.9 Å². The number of rotatable bonds is 5. The Morgan fingerprint density at radius 2 is 1.77 bits per heavy atom. The van der Waals surface area contributed by atoms with Crippen LogP contribution in [-0.2, 0) is 14.8 Å². The molecule has 0 aliphatic heterocycles. The second kappa shape index (κ2) is 12.6. The Balaban J connectivity index is 1.74. The number of carbonyl (C=O) groups is 1. The highest BCUT2D eigenvalue weighted by molar-refractivity contribution is 7.90. The van der Waals surface area contributed by atoms with E-state index in [-0.39, 0.29) is 55.4 Å². The van der Waals surface area contributed by atoms with Crippen molar-refractivity contribution in [3.63, 3.8) is 0 Å². The number of alkyl halides is 2. The number of aromatic nitrogens is 1. The van der Waals surface area contributed by atoms with Crippen molar-refractivity contribution in [2.24, 2.45) is 17.8 Å². The van der Waals surface area contributed by atoms with Gasteiger partial charge in [-0.15, -0.1) is 0 Å². The van der Waals surface area contributed by atoms with Crippen LogP contribution in [0.3, 0.4) is 0 Å². The average molecular weight is 656 g/mol. The predicted molar refractivity (Wildman–Crippen MR) is 169 cm³/mol. The Kier molecular flexibility index (Phi) is 8.52. The summed E-state index contributed by atoms with van der Waals surface area (Å²) in [6.07, 6.45) is 10.0. The van der Waals surface area contributed by atoms with Gasteiger partial charge in [-0.1, -0.05) is 42.5 Å². The Morgan fingerprint density at radius 3 is 2.40 bits per heavy atom. The Morgan fingerprint density at radius 1 is 1.04 bits per heavy atom. The fourth-order valence-electron chi connectivity index (χ4n) is 6.77. The van der Waals surface area contributed by atoms with Gasteiger partial charge in [-0.25, -0.2) is 25.6 Å². The largest absolute Gasteiger partial charge is 0.481 e. The number of hydrogen-bond donors (Lipinski definition) is 1. The van der Waals surface area contributed by atoms with Crippen molar-refractivity contribution in [2.45, 2.75) is 43.4 Å². The molecule has 0 saturated heterocycles. The number of carboxylic acids is 1. The van der Waals surface area contributed by atoms with Crippen molar-refractivity contribution >= 4 is 38.0 Å². The first-order valence-electron chi connectivity index (χ1n) is 15.1. The SMILES string of the molecule is N#CC1=CC=CC(C#N)C1=c1c(=C2C=C(C3CCC(C(=O)O)CC3)C=CC2)n(S(=O)(=O)c2ccc(C(F)F)cc2)c2ccc(F)cc12. The van der Waals surface area contributed by atoms with E-state index in [1.54, 1.807) is 12.2 Å². The molecule has 1 heterocycles. The summed E-state index contributed by atoms with van der Waals surface area (Å²) in [6.45, 7) is 0. The molecular formula is C36H28F3N3O4S. The molecule has 3 aliphatic carbocycles. The lowest BCUT2D eigenvalue weighted by atomic mass is 9.77. The standard InChI is InChI=1S/C36H28F3N3O4S/c37-28-13-16-31-30(18-28)33(32-26(19-40)5-2-6-27(32)20-41)34(42(31)47(45,46)29-14-11-22(12-15-29)35(38)39)25-4-1-3-24(17-25)21-7-9-23(10-8-21)36(43)44/h1-3,5-6,11-18,21,23,26,35H,4,7-10H2,(H,43,44). The number of hydrogen-bond acceptors (Lipinski definition) is 5. The topological polar surface area (TPSA) is 124 Å². The molecule has 238 valence electrons. The highest BCUT2D eigenvalue weighted by Crippen LogP contribution is 2.36. The van der Waals surface area contributed by atoms with Gasteiger partial charge in [0.05, 0.1) is 45.3 Å². The number of carboxylic acid groups (broad SMARTS) is 1. The number of nitrogens with zero attached hydrogens (tertiary/aromatic N) is 3. The third-order valence-corrected chi connectivity index (χ3v) is 10.8. The fourth-order valence-corrected chi connectivity index (χ4v) is 8.33. The zero-order valence-corrected chi connectivity index (χ0v) is 25.7. The van der Waals surface area contributed by atoms with E-state index in [2.05, 4.69) is 12.1 Å². The minimum absolute atomic E-state index is 0.0149. The van der Waals surface area contributed by atoms with Crippen LogP contribution >= 0.6 is 0 Å². The maximum absolute atomic E-state index is 15.0. The van der Waals surface area contributed by atoms with Crippen LogP contribution in [0, 0.1) is 46.2 Å².